The number of halogens is 1. The maximum atomic E-state index is 11.6. The highest BCUT2D eigenvalue weighted by molar-refractivity contribution is 14.1. The summed E-state index contributed by atoms with van der Waals surface area (Å²) < 4.78 is 29.4. The molecule has 0 unspecified atom stereocenters. The second-order valence-electron chi connectivity index (χ2n) is 5.30. The Kier molecular flexibility index (Phi) is 8.83. The van der Waals surface area contributed by atoms with Gasteiger partial charge in [-0.2, -0.15) is 0 Å². The minimum Gasteiger partial charge on any atom is -0.481 e. The molecule has 2 aromatic rings. The minimum absolute atomic E-state index is 0.0120. The normalized spacial score (nSPS) is 11.4. The number of carbonyl (C=O) groups is 1. The van der Waals surface area contributed by atoms with Crippen LogP contribution in [0.25, 0.3) is 0 Å². The molecule has 0 amide bonds. The summed E-state index contributed by atoms with van der Waals surface area (Å²) in [5.74, 6) is -0.697. The summed E-state index contributed by atoms with van der Waals surface area (Å²) >= 11 is 3.34. The highest BCUT2D eigenvalue weighted by atomic mass is 127. The molecule has 1 aromatic carbocycles. The fourth-order valence-electron chi connectivity index (χ4n) is 2.09. The zero-order valence-electron chi connectivity index (χ0n) is 14.9. The van der Waals surface area contributed by atoms with Crippen molar-refractivity contribution in [3.05, 3.63) is 51.5 Å². The number of carboxylic acid groups (broad SMARTS) is 1. The van der Waals surface area contributed by atoms with Crippen molar-refractivity contribution in [3.63, 3.8) is 0 Å². The Morgan fingerprint density at radius 1 is 1.28 bits per heavy atom. The molecule has 0 atom stereocenters. The number of sulfone groups is 1. The van der Waals surface area contributed by atoms with Crippen molar-refractivity contribution in [2.75, 3.05) is 10.7 Å². The van der Waals surface area contributed by atoms with E-state index in [1.807, 2.05) is 52.2 Å². The topological polar surface area (TPSA) is 84.3 Å². The molecule has 0 bridgehead atoms. The quantitative estimate of drug-likeness (QED) is 0.447. The van der Waals surface area contributed by atoms with E-state index in [1.54, 1.807) is 6.92 Å². The third-order valence-electron chi connectivity index (χ3n) is 3.43. The fraction of sp³-hybridized carbons (Fsp3) is 0.412. The van der Waals surface area contributed by atoms with Gasteiger partial charge in [0.05, 0.1) is 12.1 Å². The molecular formula is C17H22INO4S2. The van der Waals surface area contributed by atoms with Crippen LogP contribution in [0.3, 0.4) is 0 Å². The molecule has 5 nitrogen and oxygen atoms in total. The number of rotatable bonds is 8. The molecule has 0 spiro atoms. The van der Waals surface area contributed by atoms with Crippen molar-refractivity contribution in [1.29, 1.82) is 0 Å². The number of hydrogen-bond donors (Lipinski definition) is 1. The molecule has 0 saturated heterocycles. The molecular weight excluding hydrogens is 473 g/mol. The maximum Gasteiger partial charge on any atom is 0.307 e. The lowest BCUT2D eigenvalue weighted by Crippen LogP contribution is -2.06. The SMILES string of the molecule is CCS(=O)(=O)Cc1nc(CCc2ccc(CC(=O)O)cc2)cs1.[2H]CI. The van der Waals surface area contributed by atoms with Crippen LogP contribution in [-0.4, -0.2) is 35.1 Å². The molecule has 138 valence electrons. The van der Waals surface area contributed by atoms with Gasteiger partial charge in [-0.3, -0.25) is 4.79 Å². The average Bonchev–Trinajstić information content (AvgIpc) is 3.01. The van der Waals surface area contributed by atoms with Gasteiger partial charge in [0.25, 0.3) is 0 Å². The zero-order valence-corrected chi connectivity index (χ0v) is 17.7. The Morgan fingerprint density at radius 3 is 2.44 bits per heavy atom. The summed E-state index contributed by atoms with van der Waals surface area (Å²) in [6.45, 7) is 1.64. The number of aryl methyl sites for hydroxylation is 2. The van der Waals surface area contributed by atoms with E-state index in [2.05, 4.69) is 4.98 Å². The van der Waals surface area contributed by atoms with Crippen LogP contribution in [0.4, 0.5) is 0 Å². The van der Waals surface area contributed by atoms with Crippen LogP contribution in [0.2, 0.25) is 0 Å². The minimum atomic E-state index is -3.04. The van der Waals surface area contributed by atoms with E-state index in [0.29, 0.717) is 9.91 Å². The molecule has 1 aromatic heterocycles. The van der Waals surface area contributed by atoms with Gasteiger partial charge in [-0.15, -0.1) is 11.3 Å². The van der Waals surface area contributed by atoms with Crippen LogP contribution < -0.4 is 0 Å². The number of alkyl halides is 1. The summed E-state index contributed by atoms with van der Waals surface area (Å²) in [5, 5.41) is 11.3. The molecule has 2 rings (SSSR count). The molecule has 1 N–H and O–H groups in total. The van der Waals surface area contributed by atoms with Crippen LogP contribution in [0.1, 0.15) is 30.1 Å². The molecule has 0 aliphatic rings. The summed E-state index contributed by atoms with van der Waals surface area (Å²) in [4.78, 5) is 15.5. The Morgan fingerprint density at radius 2 is 1.88 bits per heavy atom. The predicted molar refractivity (Wildman–Crippen MR) is 110 cm³/mol. The van der Waals surface area contributed by atoms with Crippen molar-refractivity contribution in [2.45, 2.75) is 31.9 Å². The number of hydrogen-bond acceptors (Lipinski definition) is 5. The lowest BCUT2D eigenvalue weighted by Gasteiger charge is -2.02. The van der Waals surface area contributed by atoms with Crippen LogP contribution in [0.5, 0.6) is 0 Å². The first-order valence-corrected chi connectivity index (χ1v) is 11.8. The van der Waals surface area contributed by atoms with Gasteiger partial charge in [0.2, 0.25) is 0 Å². The van der Waals surface area contributed by atoms with Crippen LogP contribution >= 0.6 is 33.9 Å². The Balaban J connectivity index is 0.00000105. The smallest absolute Gasteiger partial charge is 0.307 e. The van der Waals surface area contributed by atoms with Crippen LogP contribution in [0, 0.1) is 0 Å². The molecule has 8 heteroatoms. The van der Waals surface area contributed by atoms with E-state index in [4.69, 9.17) is 6.48 Å². The van der Waals surface area contributed by atoms with Crippen molar-refractivity contribution in [3.8, 4) is 0 Å². The van der Waals surface area contributed by atoms with Crippen molar-refractivity contribution >= 4 is 49.7 Å². The molecule has 0 saturated carbocycles. The van der Waals surface area contributed by atoms with Gasteiger partial charge in [-0.05, 0) is 28.9 Å². The first kappa shape index (κ1) is 20.3. The maximum absolute atomic E-state index is 11.6. The molecule has 0 aliphatic heterocycles. The van der Waals surface area contributed by atoms with Gasteiger partial charge in [-0.1, -0.05) is 53.8 Å². The Bertz CT molecular complexity index is 791. The monoisotopic (exact) mass is 496 g/mol. The third kappa shape index (κ3) is 8.28. The van der Waals surface area contributed by atoms with Crippen LogP contribution in [-0.2, 0) is 39.6 Å². The second kappa shape index (κ2) is 10.9. The average molecular weight is 496 g/mol. The standard InChI is InChI=1S/C16H19NO4S2.CH3I/c1-2-23(20,21)11-15-17-14(10-22-15)8-7-12-3-5-13(6-4-12)9-16(18)19;1-2/h3-6,10H,2,7-9,11H2,1H3,(H,18,19);1H3/i;1D. The van der Waals surface area contributed by atoms with Crippen molar-refractivity contribution < 1.29 is 19.7 Å². The lowest BCUT2D eigenvalue weighted by atomic mass is 10.1. The van der Waals surface area contributed by atoms with Gasteiger partial charge in [0.1, 0.15) is 10.8 Å². The van der Waals surface area contributed by atoms with Crippen molar-refractivity contribution in [2.24, 2.45) is 0 Å². The summed E-state index contributed by atoms with van der Waals surface area (Å²) in [6.07, 6.45) is 1.56. The zero-order chi connectivity index (χ0) is 19.6. The van der Waals surface area contributed by atoms with E-state index in [9.17, 15) is 13.2 Å². The number of aromatic nitrogens is 1. The van der Waals surface area contributed by atoms with Gasteiger partial charge in [0, 0.05) is 12.5 Å². The lowest BCUT2D eigenvalue weighted by molar-refractivity contribution is -0.136. The van der Waals surface area contributed by atoms with E-state index < -0.39 is 15.8 Å². The Hall–Kier alpha value is -1.000. The highest BCUT2D eigenvalue weighted by Gasteiger charge is 2.12. The molecule has 0 radical (unpaired) electrons. The number of benzene rings is 1. The predicted octanol–water partition coefficient (Wildman–Crippen LogP) is 3.54. The van der Waals surface area contributed by atoms with E-state index in [-0.39, 0.29) is 17.9 Å². The van der Waals surface area contributed by atoms with Gasteiger partial charge < -0.3 is 5.11 Å². The van der Waals surface area contributed by atoms with E-state index in [0.717, 1.165) is 29.7 Å². The summed E-state index contributed by atoms with van der Waals surface area (Å²) in [6, 6.07) is 7.49. The number of aliphatic carboxylic acids is 1. The number of nitrogens with zero attached hydrogens (tertiary/aromatic N) is 1. The summed E-state index contributed by atoms with van der Waals surface area (Å²) in [7, 11) is -3.04. The fourth-order valence-corrected chi connectivity index (χ4v) is 4.16. The summed E-state index contributed by atoms with van der Waals surface area (Å²) in [5.41, 5.74) is 2.78. The third-order valence-corrected chi connectivity index (χ3v) is 6.10. The highest BCUT2D eigenvalue weighted by Crippen LogP contribution is 2.16. The molecule has 0 fully saturated rings. The van der Waals surface area contributed by atoms with Gasteiger partial charge in [0.15, 0.2) is 9.84 Å². The first-order chi connectivity index (χ1) is 12.3. The first-order valence-electron chi connectivity index (χ1n) is 8.28. The Labute approximate surface area is 168 Å². The van der Waals surface area contributed by atoms with Gasteiger partial charge >= 0.3 is 5.97 Å². The van der Waals surface area contributed by atoms with Crippen LogP contribution in [0.15, 0.2) is 29.6 Å². The van der Waals surface area contributed by atoms with E-state index >= 15 is 0 Å². The van der Waals surface area contributed by atoms with Crippen molar-refractivity contribution in [1.82, 2.24) is 4.98 Å². The molecule has 0 aliphatic carbocycles. The largest absolute Gasteiger partial charge is 0.481 e. The van der Waals surface area contributed by atoms with E-state index in [1.165, 1.54) is 11.3 Å². The molecule has 25 heavy (non-hydrogen) atoms. The second-order valence-corrected chi connectivity index (χ2v) is 8.59. The number of thiazole rings is 1. The molecule has 1 heterocycles. The number of carboxylic acids is 1. The van der Waals surface area contributed by atoms with Gasteiger partial charge in [-0.25, -0.2) is 13.4 Å².